The highest BCUT2D eigenvalue weighted by Gasteiger charge is 2.54. The zero-order chi connectivity index (χ0) is 20.3. The summed E-state index contributed by atoms with van der Waals surface area (Å²) in [4.78, 5) is 12.9. The third-order valence-corrected chi connectivity index (χ3v) is 6.70. The van der Waals surface area contributed by atoms with Crippen LogP contribution in [-0.2, 0) is 11.0 Å². The third-order valence-electron chi connectivity index (χ3n) is 6.70. The predicted molar refractivity (Wildman–Crippen MR) is 98.6 cm³/mol. The summed E-state index contributed by atoms with van der Waals surface area (Å²) in [5, 5.41) is 3.14. The highest BCUT2D eigenvalue weighted by atomic mass is 19.4. The molecule has 154 valence electrons. The minimum absolute atomic E-state index is 0.0287. The number of rotatable bonds is 4. The van der Waals surface area contributed by atoms with Crippen LogP contribution in [0.15, 0.2) is 24.3 Å². The van der Waals surface area contributed by atoms with Crippen molar-refractivity contribution in [1.29, 1.82) is 0 Å². The zero-order valence-electron chi connectivity index (χ0n) is 16.2. The molecule has 0 aliphatic heterocycles. The van der Waals surface area contributed by atoms with Crippen molar-refractivity contribution in [3.63, 3.8) is 0 Å². The van der Waals surface area contributed by atoms with Crippen molar-refractivity contribution in [2.75, 3.05) is 0 Å². The van der Waals surface area contributed by atoms with Crippen LogP contribution in [0, 0.1) is 17.8 Å². The summed E-state index contributed by atoms with van der Waals surface area (Å²) >= 11 is 0. The molecule has 1 amide bonds. The fourth-order valence-corrected chi connectivity index (χ4v) is 5.72. The van der Waals surface area contributed by atoms with Gasteiger partial charge in [-0.2, -0.15) is 13.2 Å². The molecule has 1 aromatic rings. The summed E-state index contributed by atoms with van der Waals surface area (Å²) in [6.07, 6.45) is 0.680. The number of nitrogens with two attached hydrogens (primary N) is 1. The minimum atomic E-state index is -4.45. The number of nitrogens with one attached hydrogen (secondary N) is 1. The average molecular weight is 396 g/mol. The standard InChI is InChI=1S/C21H27F3N2O2/c1-19(2,28-16-5-3-4-15(8-16)21(22,23)24)18(27)26-17-13-6-12-7-14(17)11-20(25,9-12)10-13/h3-5,8,12-14,17H,6-7,9-11,25H2,1-2H3,(H,26,27)/t12?,13-,14+,17+,20+. The lowest BCUT2D eigenvalue weighted by Crippen LogP contribution is -2.66. The van der Waals surface area contributed by atoms with Crippen molar-refractivity contribution in [3.8, 4) is 5.75 Å². The quantitative estimate of drug-likeness (QED) is 0.812. The molecule has 0 heterocycles. The lowest BCUT2D eigenvalue weighted by Gasteiger charge is -2.59. The second-order valence-electron chi connectivity index (χ2n) is 9.47. The van der Waals surface area contributed by atoms with Crippen LogP contribution in [0.4, 0.5) is 13.2 Å². The van der Waals surface area contributed by atoms with Gasteiger partial charge in [-0.1, -0.05) is 6.07 Å². The van der Waals surface area contributed by atoms with Gasteiger partial charge in [-0.3, -0.25) is 4.79 Å². The molecule has 3 N–H and O–H groups in total. The van der Waals surface area contributed by atoms with Crippen molar-refractivity contribution in [2.24, 2.45) is 23.5 Å². The highest BCUT2D eigenvalue weighted by Crippen LogP contribution is 2.54. The number of benzene rings is 1. The smallest absolute Gasteiger partial charge is 0.416 e. The molecule has 5 rings (SSSR count). The summed E-state index contributed by atoms with van der Waals surface area (Å²) in [5.74, 6) is 1.15. The van der Waals surface area contributed by atoms with E-state index in [-0.39, 0.29) is 23.2 Å². The molecule has 1 aromatic carbocycles. The van der Waals surface area contributed by atoms with Gasteiger partial charge in [0, 0.05) is 11.6 Å². The Hall–Kier alpha value is -1.76. The molecule has 28 heavy (non-hydrogen) atoms. The number of amides is 1. The molecular weight excluding hydrogens is 369 g/mol. The van der Waals surface area contributed by atoms with Gasteiger partial charge in [-0.15, -0.1) is 0 Å². The van der Waals surface area contributed by atoms with Crippen LogP contribution in [0.2, 0.25) is 0 Å². The maximum atomic E-state index is 12.9. The van der Waals surface area contributed by atoms with Gasteiger partial charge in [-0.25, -0.2) is 0 Å². The lowest BCUT2D eigenvalue weighted by molar-refractivity contribution is -0.139. The molecule has 4 bridgehead atoms. The van der Waals surface area contributed by atoms with Crippen molar-refractivity contribution in [1.82, 2.24) is 5.32 Å². The second kappa shape index (κ2) is 6.37. The predicted octanol–water partition coefficient (Wildman–Crippen LogP) is 3.89. The third kappa shape index (κ3) is 3.61. The van der Waals surface area contributed by atoms with E-state index in [1.807, 2.05) is 0 Å². The summed E-state index contributed by atoms with van der Waals surface area (Å²) in [7, 11) is 0. The normalized spacial score (nSPS) is 34.4. The number of alkyl halides is 3. The molecule has 0 spiro atoms. The maximum Gasteiger partial charge on any atom is 0.416 e. The van der Waals surface area contributed by atoms with Crippen LogP contribution in [0.1, 0.15) is 51.5 Å². The van der Waals surface area contributed by atoms with Gasteiger partial charge >= 0.3 is 6.18 Å². The molecule has 4 saturated carbocycles. The summed E-state index contributed by atoms with van der Waals surface area (Å²) in [6, 6.07) is 4.70. The van der Waals surface area contributed by atoms with Gasteiger partial charge in [0.2, 0.25) is 0 Å². The molecule has 1 unspecified atom stereocenters. The first-order valence-corrected chi connectivity index (χ1v) is 9.91. The van der Waals surface area contributed by atoms with Crippen molar-refractivity contribution >= 4 is 5.91 Å². The average Bonchev–Trinajstić information content (AvgIpc) is 2.55. The van der Waals surface area contributed by atoms with Gasteiger partial charge in [0.25, 0.3) is 5.91 Å². The molecular formula is C21H27F3N2O2. The maximum absolute atomic E-state index is 12.9. The van der Waals surface area contributed by atoms with Crippen molar-refractivity contribution < 1.29 is 22.7 Å². The van der Waals surface area contributed by atoms with E-state index in [4.69, 9.17) is 10.5 Å². The molecule has 7 heteroatoms. The summed E-state index contributed by atoms with van der Waals surface area (Å²) in [6.45, 7) is 3.17. The lowest BCUT2D eigenvalue weighted by atomic mass is 9.51. The molecule has 0 saturated heterocycles. The molecule has 4 aliphatic carbocycles. The number of halogens is 3. The van der Waals surface area contributed by atoms with Crippen molar-refractivity contribution in [2.45, 2.75) is 69.3 Å². The Bertz CT molecular complexity index is 761. The highest BCUT2D eigenvalue weighted by molar-refractivity contribution is 5.85. The number of hydrogen-bond donors (Lipinski definition) is 2. The molecule has 4 aliphatic rings. The van der Waals surface area contributed by atoms with E-state index in [9.17, 15) is 18.0 Å². The topological polar surface area (TPSA) is 64.3 Å². The van der Waals surface area contributed by atoms with E-state index in [2.05, 4.69) is 5.32 Å². The fourth-order valence-electron chi connectivity index (χ4n) is 5.72. The molecule has 4 nitrogen and oxygen atoms in total. The van der Waals surface area contributed by atoms with Crippen molar-refractivity contribution in [3.05, 3.63) is 29.8 Å². The van der Waals surface area contributed by atoms with Crippen LogP contribution in [0.25, 0.3) is 0 Å². The van der Waals surface area contributed by atoms with E-state index in [0.717, 1.165) is 44.2 Å². The van der Waals surface area contributed by atoms with Crippen LogP contribution in [0.3, 0.4) is 0 Å². The van der Waals surface area contributed by atoms with E-state index < -0.39 is 17.3 Å². The first kappa shape index (κ1) is 19.6. The molecule has 0 radical (unpaired) electrons. The van der Waals surface area contributed by atoms with Crippen LogP contribution in [-0.4, -0.2) is 23.1 Å². The minimum Gasteiger partial charge on any atom is -0.478 e. The van der Waals surface area contributed by atoms with Gasteiger partial charge in [0.05, 0.1) is 5.56 Å². The van der Waals surface area contributed by atoms with Gasteiger partial charge < -0.3 is 15.8 Å². The number of ether oxygens (including phenoxy) is 1. The number of carbonyl (C=O) groups is 1. The Morgan fingerprint density at radius 3 is 2.39 bits per heavy atom. The Labute approximate surface area is 163 Å². The van der Waals surface area contributed by atoms with E-state index in [0.29, 0.717) is 17.8 Å². The monoisotopic (exact) mass is 396 g/mol. The second-order valence-corrected chi connectivity index (χ2v) is 9.47. The van der Waals surface area contributed by atoms with Gasteiger partial charge in [-0.05, 0) is 81.9 Å². The number of hydrogen-bond acceptors (Lipinski definition) is 3. The van der Waals surface area contributed by atoms with Crippen LogP contribution < -0.4 is 15.8 Å². The largest absolute Gasteiger partial charge is 0.478 e. The SMILES string of the molecule is CC(C)(Oc1cccc(C(F)(F)F)c1)C(=O)N[C@H]1[C@@H]2CC3C[C@H]1C[C@](N)(C3)C2. The first-order chi connectivity index (χ1) is 13.0. The Kier molecular flexibility index (Phi) is 4.45. The van der Waals surface area contributed by atoms with E-state index in [1.54, 1.807) is 13.8 Å². The fraction of sp³-hybridized carbons (Fsp3) is 0.667. The van der Waals surface area contributed by atoms with Gasteiger partial charge in [0.1, 0.15) is 5.75 Å². The number of carbonyl (C=O) groups excluding carboxylic acids is 1. The Morgan fingerprint density at radius 2 is 1.82 bits per heavy atom. The summed E-state index contributed by atoms with van der Waals surface area (Å²) < 4.78 is 44.4. The van der Waals surface area contributed by atoms with E-state index in [1.165, 1.54) is 12.1 Å². The molecule has 4 fully saturated rings. The van der Waals surface area contributed by atoms with Crippen LogP contribution in [0.5, 0.6) is 5.75 Å². The molecule has 0 aromatic heterocycles. The summed E-state index contributed by atoms with van der Waals surface area (Å²) in [5.41, 5.74) is 4.37. The van der Waals surface area contributed by atoms with Crippen LogP contribution >= 0.6 is 0 Å². The first-order valence-electron chi connectivity index (χ1n) is 9.91. The molecule has 5 atom stereocenters. The Morgan fingerprint density at radius 1 is 1.18 bits per heavy atom. The Balaban J connectivity index is 1.45. The zero-order valence-corrected chi connectivity index (χ0v) is 16.2. The van der Waals surface area contributed by atoms with Gasteiger partial charge in [0.15, 0.2) is 5.60 Å². The van der Waals surface area contributed by atoms with E-state index >= 15 is 0 Å².